The topological polar surface area (TPSA) is 20.3 Å². The van der Waals surface area contributed by atoms with Crippen molar-refractivity contribution in [1.29, 1.82) is 0 Å². The molecule has 2 aromatic rings. The number of anilines is 1. The summed E-state index contributed by atoms with van der Waals surface area (Å²) < 4.78 is 26.8. The van der Waals surface area contributed by atoms with Crippen molar-refractivity contribution in [2.45, 2.75) is 6.92 Å². The van der Waals surface area contributed by atoms with Gasteiger partial charge in [-0.2, -0.15) is 0 Å². The summed E-state index contributed by atoms with van der Waals surface area (Å²) in [6.45, 7) is 2.41. The van der Waals surface area contributed by atoms with Crippen molar-refractivity contribution in [3.8, 4) is 0 Å². The molecule has 0 unspecified atom stereocenters. The predicted octanol–water partition coefficient (Wildman–Crippen LogP) is 3.67. The van der Waals surface area contributed by atoms with E-state index in [9.17, 15) is 13.6 Å². The summed E-state index contributed by atoms with van der Waals surface area (Å²) in [6, 6.07) is 11.9. The van der Waals surface area contributed by atoms with Crippen LogP contribution in [0.3, 0.4) is 0 Å². The van der Waals surface area contributed by atoms with E-state index in [4.69, 9.17) is 0 Å². The molecule has 2 nitrogen and oxygen atoms in total. The van der Waals surface area contributed by atoms with Crippen LogP contribution in [0.5, 0.6) is 0 Å². The van der Waals surface area contributed by atoms with E-state index < -0.39 is 5.82 Å². The maximum atomic E-state index is 13.6. The highest BCUT2D eigenvalue weighted by atomic mass is 19.1. The lowest BCUT2D eigenvalue weighted by Crippen LogP contribution is -2.30. The Morgan fingerprint density at radius 2 is 1.85 bits per heavy atom. The second-order valence-corrected chi connectivity index (χ2v) is 4.40. The molecule has 0 atom stereocenters. The Kier molecular flexibility index (Phi) is 4.45. The van der Waals surface area contributed by atoms with Crippen molar-refractivity contribution in [1.82, 2.24) is 0 Å². The van der Waals surface area contributed by atoms with Crippen LogP contribution in [0.1, 0.15) is 17.3 Å². The quantitative estimate of drug-likeness (QED) is 0.776. The molecule has 2 aromatic carbocycles. The molecule has 0 spiro atoms. The van der Waals surface area contributed by atoms with Gasteiger partial charge in [0.15, 0.2) is 5.78 Å². The van der Waals surface area contributed by atoms with E-state index in [1.807, 2.05) is 6.92 Å². The SMILES string of the molecule is CCN(CC(=O)c1ccccc1F)c1cccc(F)c1. The minimum absolute atomic E-state index is 0.0148. The van der Waals surface area contributed by atoms with E-state index in [1.165, 1.54) is 30.3 Å². The molecule has 0 bridgehead atoms. The number of likely N-dealkylation sites (N-methyl/N-ethyl adjacent to an activating group) is 1. The molecule has 20 heavy (non-hydrogen) atoms. The zero-order valence-electron chi connectivity index (χ0n) is 11.1. The van der Waals surface area contributed by atoms with Gasteiger partial charge in [0.1, 0.15) is 11.6 Å². The van der Waals surface area contributed by atoms with Gasteiger partial charge in [-0.1, -0.05) is 18.2 Å². The first kappa shape index (κ1) is 14.2. The third kappa shape index (κ3) is 3.20. The maximum Gasteiger partial charge on any atom is 0.185 e. The van der Waals surface area contributed by atoms with Crippen LogP contribution in [-0.4, -0.2) is 18.9 Å². The lowest BCUT2D eigenvalue weighted by atomic mass is 10.1. The Morgan fingerprint density at radius 3 is 2.50 bits per heavy atom. The smallest absolute Gasteiger partial charge is 0.185 e. The number of carbonyl (C=O) groups is 1. The molecule has 104 valence electrons. The third-order valence-electron chi connectivity index (χ3n) is 3.06. The number of hydrogen-bond donors (Lipinski definition) is 0. The summed E-state index contributed by atoms with van der Waals surface area (Å²) in [4.78, 5) is 13.8. The standard InChI is InChI=1S/C16H15F2NO/c1-2-19(13-7-5-6-12(17)10-13)11-16(20)14-8-3-4-9-15(14)18/h3-10H,2,11H2,1H3. The molecule has 0 fully saturated rings. The predicted molar refractivity (Wildman–Crippen MR) is 75.0 cm³/mol. The Labute approximate surface area is 116 Å². The summed E-state index contributed by atoms with van der Waals surface area (Å²) in [6.07, 6.45) is 0. The van der Waals surface area contributed by atoms with Crippen LogP contribution in [0.2, 0.25) is 0 Å². The van der Waals surface area contributed by atoms with E-state index in [0.29, 0.717) is 12.2 Å². The van der Waals surface area contributed by atoms with E-state index in [0.717, 1.165) is 0 Å². The van der Waals surface area contributed by atoms with Gasteiger partial charge in [-0.25, -0.2) is 8.78 Å². The first-order valence-corrected chi connectivity index (χ1v) is 6.40. The number of benzene rings is 2. The number of Topliss-reactive ketones (excluding diaryl/α,β-unsaturated/α-hetero) is 1. The van der Waals surface area contributed by atoms with Crippen LogP contribution in [0, 0.1) is 11.6 Å². The first-order chi connectivity index (χ1) is 9.61. The first-order valence-electron chi connectivity index (χ1n) is 6.40. The van der Waals surface area contributed by atoms with Crippen LogP contribution in [0.15, 0.2) is 48.5 Å². The molecule has 2 rings (SSSR count). The fourth-order valence-electron chi connectivity index (χ4n) is 2.00. The van der Waals surface area contributed by atoms with E-state index in [2.05, 4.69) is 0 Å². The molecule has 0 amide bonds. The van der Waals surface area contributed by atoms with Gasteiger partial charge < -0.3 is 4.90 Å². The van der Waals surface area contributed by atoms with Crippen molar-refractivity contribution in [3.63, 3.8) is 0 Å². The van der Waals surface area contributed by atoms with E-state index in [1.54, 1.807) is 23.1 Å². The lowest BCUT2D eigenvalue weighted by Gasteiger charge is -2.22. The summed E-state index contributed by atoms with van der Waals surface area (Å²) in [7, 11) is 0. The van der Waals surface area contributed by atoms with Crippen LogP contribution in [0.25, 0.3) is 0 Å². The van der Waals surface area contributed by atoms with Crippen molar-refractivity contribution in [2.24, 2.45) is 0 Å². The molecule has 0 N–H and O–H groups in total. The van der Waals surface area contributed by atoms with Crippen molar-refractivity contribution >= 4 is 11.5 Å². The second-order valence-electron chi connectivity index (χ2n) is 4.40. The zero-order valence-corrected chi connectivity index (χ0v) is 11.1. The summed E-state index contributed by atoms with van der Waals surface area (Å²) >= 11 is 0. The second kappa shape index (κ2) is 6.28. The summed E-state index contributed by atoms with van der Waals surface area (Å²) in [5.41, 5.74) is 0.666. The normalized spacial score (nSPS) is 10.3. The lowest BCUT2D eigenvalue weighted by molar-refractivity contribution is 0.0995. The minimum Gasteiger partial charge on any atom is -0.364 e. The number of hydrogen-bond acceptors (Lipinski definition) is 2. The third-order valence-corrected chi connectivity index (χ3v) is 3.06. The maximum absolute atomic E-state index is 13.6. The Balaban J connectivity index is 2.19. The molecule has 0 aliphatic rings. The molecule has 0 saturated carbocycles. The van der Waals surface area contributed by atoms with Gasteiger partial charge in [-0.05, 0) is 37.3 Å². The van der Waals surface area contributed by atoms with Crippen molar-refractivity contribution in [2.75, 3.05) is 18.0 Å². The average molecular weight is 275 g/mol. The van der Waals surface area contributed by atoms with Gasteiger partial charge in [-0.15, -0.1) is 0 Å². The van der Waals surface area contributed by atoms with Crippen molar-refractivity contribution < 1.29 is 13.6 Å². The van der Waals surface area contributed by atoms with Gasteiger partial charge in [-0.3, -0.25) is 4.79 Å². The molecule has 4 heteroatoms. The molecule has 0 aliphatic heterocycles. The Bertz CT molecular complexity index is 613. The van der Waals surface area contributed by atoms with Gasteiger partial charge in [0.25, 0.3) is 0 Å². The molecule has 0 aromatic heterocycles. The number of nitrogens with zero attached hydrogens (tertiary/aromatic N) is 1. The fourth-order valence-corrected chi connectivity index (χ4v) is 2.00. The number of halogens is 2. The average Bonchev–Trinajstić information content (AvgIpc) is 2.45. The number of carbonyl (C=O) groups excluding carboxylic acids is 1. The number of ketones is 1. The molecule has 0 aliphatic carbocycles. The molecule has 0 radical (unpaired) electrons. The Hall–Kier alpha value is -2.23. The molecule has 0 heterocycles. The minimum atomic E-state index is -0.534. The van der Waals surface area contributed by atoms with Gasteiger partial charge in [0.05, 0.1) is 12.1 Å². The highest BCUT2D eigenvalue weighted by Crippen LogP contribution is 2.16. The monoisotopic (exact) mass is 275 g/mol. The zero-order chi connectivity index (χ0) is 14.5. The molecular weight excluding hydrogens is 260 g/mol. The molecule has 0 saturated heterocycles. The van der Waals surface area contributed by atoms with Crippen LogP contribution < -0.4 is 4.90 Å². The number of rotatable bonds is 5. The highest BCUT2D eigenvalue weighted by Gasteiger charge is 2.15. The van der Waals surface area contributed by atoms with Gasteiger partial charge in [0, 0.05) is 12.2 Å². The Morgan fingerprint density at radius 1 is 1.10 bits per heavy atom. The van der Waals surface area contributed by atoms with Crippen LogP contribution in [0.4, 0.5) is 14.5 Å². The van der Waals surface area contributed by atoms with E-state index in [-0.39, 0.29) is 23.7 Å². The molecular formula is C16H15F2NO. The van der Waals surface area contributed by atoms with Crippen molar-refractivity contribution in [3.05, 3.63) is 65.7 Å². The fraction of sp³-hybridized carbons (Fsp3) is 0.188. The van der Waals surface area contributed by atoms with Crippen LogP contribution in [-0.2, 0) is 0 Å². The summed E-state index contributed by atoms with van der Waals surface area (Å²) in [5, 5.41) is 0. The largest absolute Gasteiger partial charge is 0.364 e. The van der Waals surface area contributed by atoms with Crippen LogP contribution >= 0.6 is 0 Å². The summed E-state index contributed by atoms with van der Waals surface area (Å²) in [5.74, 6) is -1.22. The van der Waals surface area contributed by atoms with Gasteiger partial charge in [0.2, 0.25) is 0 Å². The van der Waals surface area contributed by atoms with Gasteiger partial charge >= 0.3 is 0 Å². The highest BCUT2D eigenvalue weighted by molar-refractivity contribution is 5.99. The van der Waals surface area contributed by atoms with E-state index >= 15 is 0 Å².